The molecule has 3 heteroatoms. The van der Waals surface area contributed by atoms with E-state index >= 15 is 0 Å². The molecule has 0 aliphatic heterocycles. The van der Waals surface area contributed by atoms with Crippen molar-refractivity contribution in [3.63, 3.8) is 0 Å². The van der Waals surface area contributed by atoms with Crippen molar-refractivity contribution in [3.05, 3.63) is 64.4 Å². The molecule has 0 atom stereocenters. The molecule has 0 spiro atoms. The molecular weight excluding hydrogens is 364 g/mol. The van der Waals surface area contributed by atoms with E-state index in [1.54, 1.807) is 11.3 Å². The quantitative estimate of drug-likeness (QED) is 0.407. The standard InChI is InChI=1S/C25H28O2S/c1-5-6-7-8-18-14-22(26)24(25(27)23(18)19-11-12-28-15-19)21-13-17(4)9-10-20(21)16(2)3/h9-15,26-27H,2,5-8H2,1,3-4H3. The Balaban J connectivity index is 2.26. The predicted molar refractivity (Wildman–Crippen MR) is 121 cm³/mol. The lowest BCUT2D eigenvalue weighted by molar-refractivity contribution is 0.454. The molecule has 28 heavy (non-hydrogen) atoms. The normalized spacial score (nSPS) is 11.0. The van der Waals surface area contributed by atoms with Gasteiger partial charge in [0, 0.05) is 5.56 Å². The summed E-state index contributed by atoms with van der Waals surface area (Å²) in [5, 5.41) is 26.3. The number of unbranched alkanes of at least 4 members (excludes halogenated alkanes) is 2. The Labute approximate surface area is 171 Å². The number of thiophene rings is 1. The van der Waals surface area contributed by atoms with Crippen molar-refractivity contribution in [3.8, 4) is 33.8 Å². The highest BCUT2D eigenvalue weighted by atomic mass is 32.1. The van der Waals surface area contributed by atoms with Crippen LogP contribution in [0, 0.1) is 6.92 Å². The van der Waals surface area contributed by atoms with Gasteiger partial charge in [-0.25, -0.2) is 0 Å². The van der Waals surface area contributed by atoms with Crippen molar-refractivity contribution in [1.82, 2.24) is 0 Å². The van der Waals surface area contributed by atoms with Gasteiger partial charge in [-0.2, -0.15) is 11.3 Å². The van der Waals surface area contributed by atoms with E-state index in [1.165, 1.54) is 0 Å². The first-order valence-electron chi connectivity index (χ1n) is 9.81. The summed E-state index contributed by atoms with van der Waals surface area (Å²) >= 11 is 1.61. The smallest absolute Gasteiger partial charge is 0.135 e. The van der Waals surface area contributed by atoms with Crippen LogP contribution in [0.3, 0.4) is 0 Å². The van der Waals surface area contributed by atoms with Crippen molar-refractivity contribution in [2.75, 3.05) is 0 Å². The van der Waals surface area contributed by atoms with E-state index < -0.39 is 0 Å². The molecule has 0 radical (unpaired) electrons. The van der Waals surface area contributed by atoms with E-state index in [4.69, 9.17) is 0 Å². The van der Waals surface area contributed by atoms with Crippen molar-refractivity contribution < 1.29 is 10.2 Å². The minimum atomic E-state index is 0.121. The largest absolute Gasteiger partial charge is 0.507 e. The zero-order valence-corrected chi connectivity index (χ0v) is 17.7. The maximum Gasteiger partial charge on any atom is 0.135 e. The Bertz CT molecular complexity index is 984. The number of phenols is 2. The van der Waals surface area contributed by atoms with Gasteiger partial charge in [0.05, 0.1) is 5.56 Å². The van der Waals surface area contributed by atoms with Crippen LogP contribution in [0.2, 0.25) is 0 Å². The molecule has 1 aromatic heterocycles. The number of rotatable bonds is 7. The van der Waals surface area contributed by atoms with Gasteiger partial charge in [0.2, 0.25) is 0 Å². The van der Waals surface area contributed by atoms with Crippen LogP contribution >= 0.6 is 11.3 Å². The van der Waals surface area contributed by atoms with E-state index in [0.717, 1.165) is 64.6 Å². The molecule has 3 aromatic rings. The minimum Gasteiger partial charge on any atom is -0.507 e. The topological polar surface area (TPSA) is 40.5 Å². The number of benzene rings is 2. The SMILES string of the molecule is C=C(C)c1ccc(C)cc1-c1c(O)cc(CCCCC)c(-c2ccsc2)c1O. The predicted octanol–water partition coefficient (Wildman–Crippen LogP) is 7.57. The summed E-state index contributed by atoms with van der Waals surface area (Å²) < 4.78 is 0. The Morgan fingerprint density at radius 3 is 2.50 bits per heavy atom. The zero-order chi connectivity index (χ0) is 20.3. The van der Waals surface area contributed by atoms with Crippen molar-refractivity contribution in [2.24, 2.45) is 0 Å². The first-order valence-corrected chi connectivity index (χ1v) is 10.8. The molecule has 0 amide bonds. The molecule has 0 fully saturated rings. The van der Waals surface area contributed by atoms with Gasteiger partial charge in [-0.05, 0) is 71.8 Å². The fourth-order valence-corrected chi connectivity index (χ4v) is 4.35. The van der Waals surface area contributed by atoms with Gasteiger partial charge >= 0.3 is 0 Å². The minimum absolute atomic E-state index is 0.121. The fourth-order valence-electron chi connectivity index (χ4n) is 3.70. The Kier molecular flexibility index (Phi) is 6.25. The third-order valence-corrected chi connectivity index (χ3v) is 5.81. The van der Waals surface area contributed by atoms with E-state index in [9.17, 15) is 10.2 Å². The second-order valence-electron chi connectivity index (χ2n) is 7.45. The Morgan fingerprint density at radius 1 is 1.07 bits per heavy atom. The van der Waals surface area contributed by atoms with Crippen molar-refractivity contribution in [2.45, 2.75) is 46.5 Å². The molecule has 0 unspecified atom stereocenters. The van der Waals surface area contributed by atoms with E-state index in [2.05, 4.69) is 18.9 Å². The second kappa shape index (κ2) is 8.66. The summed E-state index contributed by atoms with van der Waals surface area (Å²) in [6.45, 7) is 10.2. The van der Waals surface area contributed by atoms with Crippen LogP contribution in [0.5, 0.6) is 11.5 Å². The van der Waals surface area contributed by atoms with E-state index in [-0.39, 0.29) is 11.5 Å². The van der Waals surface area contributed by atoms with Crippen LogP contribution in [0.4, 0.5) is 0 Å². The Morgan fingerprint density at radius 2 is 1.86 bits per heavy atom. The van der Waals surface area contributed by atoms with Crippen LogP contribution in [0.15, 0.2) is 47.7 Å². The summed E-state index contributed by atoms with van der Waals surface area (Å²) in [6, 6.07) is 9.90. The number of allylic oxidation sites excluding steroid dienone is 1. The van der Waals surface area contributed by atoms with E-state index in [0.29, 0.717) is 5.56 Å². The third kappa shape index (κ3) is 4.00. The molecule has 2 N–H and O–H groups in total. The molecule has 0 aliphatic carbocycles. The van der Waals surface area contributed by atoms with Crippen molar-refractivity contribution >= 4 is 16.9 Å². The average Bonchev–Trinajstić information content (AvgIpc) is 3.15. The highest BCUT2D eigenvalue weighted by molar-refractivity contribution is 7.08. The molecule has 146 valence electrons. The molecule has 0 aliphatic rings. The number of hydrogen-bond donors (Lipinski definition) is 2. The maximum absolute atomic E-state index is 11.3. The zero-order valence-electron chi connectivity index (χ0n) is 16.9. The van der Waals surface area contributed by atoms with E-state index in [1.807, 2.05) is 49.6 Å². The molecule has 2 aromatic carbocycles. The first-order chi connectivity index (χ1) is 13.4. The summed E-state index contributed by atoms with van der Waals surface area (Å²) in [6.07, 6.45) is 4.13. The summed E-state index contributed by atoms with van der Waals surface area (Å²) in [4.78, 5) is 0. The maximum atomic E-state index is 11.3. The van der Waals surface area contributed by atoms with Crippen LogP contribution in [-0.4, -0.2) is 10.2 Å². The summed E-state index contributed by atoms with van der Waals surface area (Å²) in [7, 11) is 0. The molecular formula is C25H28O2S. The first kappa shape index (κ1) is 20.2. The second-order valence-corrected chi connectivity index (χ2v) is 8.23. The fraction of sp³-hybridized carbons (Fsp3) is 0.280. The third-order valence-electron chi connectivity index (χ3n) is 5.13. The lowest BCUT2D eigenvalue weighted by Crippen LogP contribution is -1.96. The Hall–Kier alpha value is -2.52. The van der Waals surface area contributed by atoms with Crippen LogP contribution in [-0.2, 0) is 6.42 Å². The van der Waals surface area contributed by atoms with Gasteiger partial charge in [0.25, 0.3) is 0 Å². The van der Waals surface area contributed by atoms with Gasteiger partial charge in [-0.1, -0.05) is 55.7 Å². The summed E-state index contributed by atoms with van der Waals surface area (Å²) in [5.41, 5.74) is 7.04. The molecule has 0 saturated carbocycles. The van der Waals surface area contributed by atoms with Crippen LogP contribution < -0.4 is 0 Å². The number of phenolic OH excluding ortho intramolecular Hbond substituents is 2. The highest BCUT2D eigenvalue weighted by Crippen LogP contribution is 2.48. The van der Waals surface area contributed by atoms with Crippen molar-refractivity contribution in [1.29, 1.82) is 0 Å². The van der Waals surface area contributed by atoms with Crippen LogP contribution in [0.1, 0.15) is 49.8 Å². The highest BCUT2D eigenvalue weighted by Gasteiger charge is 2.22. The number of hydrogen-bond acceptors (Lipinski definition) is 3. The lowest BCUT2D eigenvalue weighted by atomic mass is 9.87. The molecule has 2 nitrogen and oxygen atoms in total. The molecule has 3 rings (SSSR count). The monoisotopic (exact) mass is 392 g/mol. The van der Waals surface area contributed by atoms with Gasteiger partial charge in [0.15, 0.2) is 0 Å². The van der Waals surface area contributed by atoms with Gasteiger partial charge in [-0.15, -0.1) is 0 Å². The molecule has 1 heterocycles. The lowest BCUT2D eigenvalue weighted by Gasteiger charge is -2.19. The van der Waals surface area contributed by atoms with Gasteiger partial charge in [0.1, 0.15) is 11.5 Å². The molecule has 0 bridgehead atoms. The van der Waals surface area contributed by atoms with Gasteiger partial charge in [-0.3, -0.25) is 0 Å². The van der Waals surface area contributed by atoms with Crippen LogP contribution in [0.25, 0.3) is 27.8 Å². The van der Waals surface area contributed by atoms with Gasteiger partial charge < -0.3 is 10.2 Å². The molecule has 0 saturated heterocycles. The number of aromatic hydroxyl groups is 2. The number of aryl methyl sites for hydroxylation is 2. The average molecular weight is 393 g/mol. The summed E-state index contributed by atoms with van der Waals surface area (Å²) in [5.74, 6) is 0.272.